The fourth-order valence-electron chi connectivity index (χ4n) is 3.43. The van der Waals surface area contributed by atoms with E-state index >= 15 is 0 Å². The number of amides is 1. The summed E-state index contributed by atoms with van der Waals surface area (Å²) in [5.74, 6) is 0.170. The van der Waals surface area contributed by atoms with Gasteiger partial charge in [0.2, 0.25) is 0 Å². The number of methoxy groups -OCH3 is 1. The number of hydrogen-bond donors (Lipinski definition) is 1. The highest BCUT2D eigenvalue weighted by Crippen LogP contribution is 2.28. The number of ether oxygens (including phenoxy) is 2. The number of thioether (sulfide) groups is 1. The van der Waals surface area contributed by atoms with Crippen molar-refractivity contribution in [3.63, 3.8) is 0 Å². The number of imidazole rings is 1. The number of rotatable bonds is 9. The molecule has 4 aromatic rings. The molecule has 0 aliphatic heterocycles. The number of para-hydroxylation sites is 2. The van der Waals surface area contributed by atoms with Crippen LogP contribution in [0.15, 0.2) is 83.1 Å². The Morgan fingerprint density at radius 1 is 1.06 bits per heavy atom. The van der Waals surface area contributed by atoms with Crippen LogP contribution in [0.5, 0.6) is 11.5 Å². The molecule has 8 nitrogen and oxygen atoms in total. The summed E-state index contributed by atoms with van der Waals surface area (Å²) in [6, 6.07) is 23.0. The summed E-state index contributed by atoms with van der Waals surface area (Å²) >= 11 is 1.36. The van der Waals surface area contributed by atoms with E-state index in [0.29, 0.717) is 23.6 Å². The van der Waals surface area contributed by atoms with Crippen LogP contribution in [0.4, 0.5) is 0 Å². The lowest BCUT2D eigenvalue weighted by molar-refractivity contribution is -0.132. The Balaban J connectivity index is 1.40. The lowest BCUT2D eigenvalue weighted by Gasteiger charge is -2.09. The number of fused-ring (bicyclic) bond motifs is 1. The quantitative estimate of drug-likeness (QED) is 0.124. The molecule has 0 aliphatic rings. The molecule has 1 heterocycles. The van der Waals surface area contributed by atoms with Gasteiger partial charge in [-0.2, -0.15) is 5.10 Å². The molecule has 0 saturated carbocycles. The number of esters is 1. The third-order valence-electron chi connectivity index (χ3n) is 4.98. The molecule has 35 heavy (non-hydrogen) atoms. The third kappa shape index (κ3) is 6.27. The van der Waals surface area contributed by atoms with Gasteiger partial charge in [0.25, 0.3) is 5.91 Å². The van der Waals surface area contributed by atoms with Gasteiger partial charge in [0.15, 0.2) is 16.7 Å². The van der Waals surface area contributed by atoms with E-state index in [0.717, 1.165) is 21.8 Å². The number of nitrogens with one attached hydrogen (secondary N) is 1. The van der Waals surface area contributed by atoms with E-state index < -0.39 is 5.97 Å². The van der Waals surface area contributed by atoms with Gasteiger partial charge in [0, 0.05) is 6.92 Å². The first kappa shape index (κ1) is 24.0. The van der Waals surface area contributed by atoms with E-state index in [9.17, 15) is 9.59 Å². The molecule has 1 aromatic heterocycles. The highest BCUT2D eigenvalue weighted by molar-refractivity contribution is 7.99. The molecule has 1 N–H and O–H groups in total. The highest BCUT2D eigenvalue weighted by Gasteiger charge is 2.13. The zero-order valence-electron chi connectivity index (χ0n) is 19.3. The van der Waals surface area contributed by atoms with E-state index in [4.69, 9.17) is 14.5 Å². The molecule has 0 saturated heterocycles. The average Bonchev–Trinajstić information content (AvgIpc) is 3.21. The van der Waals surface area contributed by atoms with Crippen LogP contribution in [0.3, 0.4) is 0 Å². The van der Waals surface area contributed by atoms with Crippen molar-refractivity contribution < 1.29 is 19.1 Å². The summed E-state index contributed by atoms with van der Waals surface area (Å²) in [7, 11) is 1.48. The number of carbonyl (C=O) groups is 2. The van der Waals surface area contributed by atoms with Crippen LogP contribution >= 0.6 is 11.8 Å². The number of aromatic nitrogens is 2. The van der Waals surface area contributed by atoms with Gasteiger partial charge in [-0.3, -0.25) is 9.59 Å². The predicted molar refractivity (Wildman–Crippen MR) is 136 cm³/mol. The Hall–Kier alpha value is -4.11. The molecule has 1 amide bonds. The van der Waals surface area contributed by atoms with Gasteiger partial charge in [-0.05, 0) is 41.5 Å². The Bertz CT molecular complexity index is 1370. The van der Waals surface area contributed by atoms with Crippen molar-refractivity contribution in [3.05, 3.63) is 83.9 Å². The molecule has 0 unspecified atom stereocenters. The summed E-state index contributed by atoms with van der Waals surface area (Å²) in [5.41, 5.74) is 6.27. The topological polar surface area (TPSA) is 94.8 Å². The van der Waals surface area contributed by atoms with Gasteiger partial charge in [0.05, 0.1) is 36.7 Å². The Kier molecular flexibility index (Phi) is 7.79. The maximum atomic E-state index is 12.4. The van der Waals surface area contributed by atoms with Crippen LogP contribution in [-0.4, -0.2) is 40.5 Å². The fourth-order valence-corrected chi connectivity index (χ4v) is 4.23. The molecule has 0 atom stereocenters. The number of nitrogens with zero attached hydrogens (tertiary/aromatic N) is 3. The SMILES string of the molecule is COc1cc(C=NNC(=O)CSc2nc3ccccc3n2Cc2ccccc2)ccc1OC(C)=O. The Labute approximate surface area is 207 Å². The van der Waals surface area contributed by atoms with Crippen molar-refractivity contribution in [2.75, 3.05) is 12.9 Å². The number of carbonyl (C=O) groups excluding carboxylic acids is 2. The van der Waals surface area contributed by atoms with Crippen LogP contribution in [0, 0.1) is 0 Å². The first-order valence-electron chi connectivity index (χ1n) is 10.8. The summed E-state index contributed by atoms with van der Waals surface area (Å²) in [5, 5.41) is 4.79. The minimum absolute atomic E-state index is 0.157. The van der Waals surface area contributed by atoms with Gasteiger partial charge in [-0.1, -0.05) is 54.2 Å². The largest absolute Gasteiger partial charge is 0.493 e. The zero-order valence-corrected chi connectivity index (χ0v) is 20.1. The van der Waals surface area contributed by atoms with E-state index in [1.807, 2.05) is 42.5 Å². The molecular weight excluding hydrogens is 464 g/mol. The minimum Gasteiger partial charge on any atom is -0.493 e. The predicted octanol–water partition coefficient (Wildman–Crippen LogP) is 4.26. The van der Waals surface area contributed by atoms with Crippen LogP contribution in [0.2, 0.25) is 0 Å². The molecular formula is C26H24N4O4S. The molecule has 0 fully saturated rings. The van der Waals surface area contributed by atoms with E-state index in [-0.39, 0.29) is 11.7 Å². The molecule has 3 aromatic carbocycles. The van der Waals surface area contributed by atoms with Gasteiger partial charge in [0.1, 0.15) is 0 Å². The lowest BCUT2D eigenvalue weighted by atomic mass is 10.2. The van der Waals surface area contributed by atoms with Crippen LogP contribution < -0.4 is 14.9 Å². The van der Waals surface area contributed by atoms with Gasteiger partial charge in [-0.15, -0.1) is 0 Å². The van der Waals surface area contributed by atoms with Gasteiger partial charge >= 0.3 is 5.97 Å². The second kappa shape index (κ2) is 11.3. The maximum absolute atomic E-state index is 12.4. The smallest absolute Gasteiger partial charge is 0.308 e. The van der Waals surface area contributed by atoms with Crippen molar-refractivity contribution in [2.24, 2.45) is 5.10 Å². The standard InChI is InChI=1S/C26H24N4O4S/c1-18(31)34-23-13-12-20(14-24(23)33-2)15-27-29-25(32)17-35-26-28-21-10-6-7-11-22(21)30(26)16-19-8-4-3-5-9-19/h3-15H,16-17H2,1-2H3,(H,29,32). The maximum Gasteiger partial charge on any atom is 0.308 e. The first-order chi connectivity index (χ1) is 17.0. The molecule has 0 spiro atoms. The number of hydrogen-bond acceptors (Lipinski definition) is 7. The van der Waals surface area contributed by atoms with E-state index in [1.165, 1.54) is 32.0 Å². The Morgan fingerprint density at radius 2 is 1.83 bits per heavy atom. The van der Waals surface area contributed by atoms with Crippen molar-refractivity contribution in [1.82, 2.24) is 15.0 Å². The molecule has 0 bridgehead atoms. The van der Waals surface area contributed by atoms with Crippen molar-refractivity contribution in [1.29, 1.82) is 0 Å². The average molecular weight is 489 g/mol. The fraction of sp³-hybridized carbons (Fsp3) is 0.154. The van der Waals surface area contributed by atoms with Crippen molar-refractivity contribution in [3.8, 4) is 11.5 Å². The normalized spacial score (nSPS) is 11.0. The van der Waals surface area contributed by atoms with E-state index in [1.54, 1.807) is 18.2 Å². The number of benzene rings is 3. The second-order valence-electron chi connectivity index (χ2n) is 7.54. The van der Waals surface area contributed by atoms with E-state index in [2.05, 4.69) is 27.2 Å². The summed E-state index contributed by atoms with van der Waals surface area (Å²) in [6.07, 6.45) is 1.49. The van der Waals surface area contributed by atoms with Gasteiger partial charge in [-0.25, -0.2) is 10.4 Å². The molecule has 0 radical (unpaired) electrons. The van der Waals surface area contributed by atoms with Crippen LogP contribution in [0.1, 0.15) is 18.1 Å². The summed E-state index contributed by atoms with van der Waals surface area (Å²) < 4.78 is 12.4. The van der Waals surface area contributed by atoms with Crippen LogP contribution in [-0.2, 0) is 16.1 Å². The Morgan fingerprint density at radius 3 is 2.60 bits per heavy atom. The molecule has 178 valence electrons. The number of hydrazone groups is 1. The monoisotopic (exact) mass is 488 g/mol. The third-order valence-corrected chi connectivity index (χ3v) is 5.96. The van der Waals surface area contributed by atoms with Gasteiger partial charge < -0.3 is 14.0 Å². The van der Waals surface area contributed by atoms with Crippen LogP contribution in [0.25, 0.3) is 11.0 Å². The molecule has 9 heteroatoms. The lowest BCUT2D eigenvalue weighted by Crippen LogP contribution is -2.20. The van der Waals surface area contributed by atoms with Crippen molar-refractivity contribution >= 4 is 40.9 Å². The summed E-state index contributed by atoms with van der Waals surface area (Å²) in [4.78, 5) is 28.3. The molecule has 4 rings (SSSR count). The second-order valence-corrected chi connectivity index (χ2v) is 8.48. The molecule has 0 aliphatic carbocycles. The highest BCUT2D eigenvalue weighted by atomic mass is 32.2. The first-order valence-corrected chi connectivity index (χ1v) is 11.8. The zero-order chi connectivity index (χ0) is 24.6. The minimum atomic E-state index is -0.438. The summed E-state index contributed by atoms with van der Waals surface area (Å²) in [6.45, 7) is 1.98. The van der Waals surface area contributed by atoms with Crippen molar-refractivity contribution in [2.45, 2.75) is 18.6 Å².